The number of hydrogen-bond acceptors (Lipinski definition) is 3. The van der Waals surface area contributed by atoms with Crippen LogP contribution in [0.15, 0.2) is 30.6 Å². The van der Waals surface area contributed by atoms with Gasteiger partial charge in [-0.1, -0.05) is 19.4 Å². The lowest BCUT2D eigenvalue weighted by atomic mass is 10.2. The number of nitrogens with zero attached hydrogens (tertiary/aromatic N) is 2. The van der Waals surface area contributed by atoms with Crippen LogP contribution in [0.3, 0.4) is 0 Å². The van der Waals surface area contributed by atoms with E-state index in [1.165, 1.54) is 0 Å². The lowest BCUT2D eigenvalue weighted by Gasteiger charge is -2.16. The first kappa shape index (κ1) is 13.1. The fraction of sp³-hybridized carbons (Fsp3) is 0.500. The highest BCUT2D eigenvalue weighted by molar-refractivity contribution is 5.39. The molecular weight excluding hydrogens is 226 g/mol. The van der Waals surface area contributed by atoms with Gasteiger partial charge in [0.25, 0.3) is 0 Å². The average molecular weight is 247 g/mol. The molecule has 0 bridgehead atoms. The number of methoxy groups -OCH3 is 1. The molecule has 2 rings (SSSR count). The number of aromatic nitrogens is 2. The molecule has 1 unspecified atom stereocenters. The van der Waals surface area contributed by atoms with Gasteiger partial charge < -0.3 is 14.5 Å². The van der Waals surface area contributed by atoms with E-state index in [2.05, 4.69) is 23.4 Å². The average Bonchev–Trinajstić information content (AvgIpc) is 2.79. The van der Waals surface area contributed by atoms with Gasteiger partial charge in [-0.15, -0.1) is 0 Å². The molecular formula is C14H21N3O. The molecule has 0 radical (unpaired) electrons. The Morgan fingerprint density at radius 2 is 2.33 bits per heavy atom. The quantitative estimate of drug-likeness (QED) is 0.815. The van der Waals surface area contributed by atoms with Crippen molar-refractivity contribution < 1.29 is 4.74 Å². The van der Waals surface area contributed by atoms with Gasteiger partial charge in [-0.25, -0.2) is 4.98 Å². The number of ether oxygens (including phenoxy) is 1. The number of fused-ring (bicyclic) bond motifs is 1. The highest BCUT2D eigenvalue weighted by atomic mass is 16.5. The third-order valence-electron chi connectivity index (χ3n) is 2.99. The molecule has 98 valence electrons. The van der Waals surface area contributed by atoms with Crippen molar-refractivity contribution in [2.75, 3.05) is 13.7 Å². The molecule has 18 heavy (non-hydrogen) atoms. The number of nitrogens with one attached hydrogen (secondary N) is 1. The minimum atomic E-state index is 0.407. The third kappa shape index (κ3) is 3.31. The second-order valence-electron chi connectivity index (χ2n) is 4.52. The van der Waals surface area contributed by atoms with Crippen LogP contribution < -0.4 is 5.32 Å². The zero-order valence-electron chi connectivity index (χ0n) is 11.1. The normalized spacial score (nSPS) is 13.0. The van der Waals surface area contributed by atoms with Crippen molar-refractivity contribution >= 4 is 5.65 Å². The first-order valence-corrected chi connectivity index (χ1v) is 6.48. The summed E-state index contributed by atoms with van der Waals surface area (Å²) in [6.45, 7) is 3.73. The number of pyridine rings is 1. The summed E-state index contributed by atoms with van der Waals surface area (Å²) in [6.07, 6.45) is 6.37. The second kappa shape index (κ2) is 6.52. The highest BCUT2D eigenvalue weighted by Gasteiger charge is 2.08. The third-order valence-corrected chi connectivity index (χ3v) is 2.99. The fourth-order valence-electron chi connectivity index (χ4n) is 2.12. The Hall–Kier alpha value is -1.39. The van der Waals surface area contributed by atoms with Gasteiger partial charge in [0.05, 0.1) is 12.3 Å². The Balaban J connectivity index is 1.95. The van der Waals surface area contributed by atoms with Crippen LogP contribution >= 0.6 is 0 Å². The van der Waals surface area contributed by atoms with E-state index in [-0.39, 0.29) is 0 Å². The van der Waals surface area contributed by atoms with Crippen LogP contribution in [0.4, 0.5) is 0 Å². The maximum absolute atomic E-state index is 5.22. The van der Waals surface area contributed by atoms with Gasteiger partial charge >= 0.3 is 0 Å². The summed E-state index contributed by atoms with van der Waals surface area (Å²) in [7, 11) is 1.75. The van der Waals surface area contributed by atoms with E-state index >= 15 is 0 Å². The Kier molecular flexibility index (Phi) is 4.73. The largest absolute Gasteiger partial charge is 0.383 e. The zero-order valence-corrected chi connectivity index (χ0v) is 11.1. The summed E-state index contributed by atoms with van der Waals surface area (Å²) in [5.74, 6) is 0. The standard InChI is InChI=1S/C14H21N3O/c1-3-6-12(11-18-2)15-9-13-10-17-8-5-4-7-14(17)16-13/h4-5,7-8,10,12,15H,3,6,9,11H2,1-2H3. The Bertz CT molecular complexity index is 442. The zero-order chi connectivity index (χ0) is 12.8. The minimum absolute atomic E-state index is 0.407. The Morgan fingerprint density at radius 3 is 3.06 bits per heavy atom. The smallest absolute Gasteiger partial charge is 0.137 e. The second-order valence-corrected chi connectivity index (χ2v) is 4.52. The van der Waals surface area contributed by atoms with Gasteiger partial charge in [0.1, 0.15) is 5.65 Å². The van der Waals surface area contributed by atoms with Gasteiger partial charge in [0.15, 0.2) is 0 Å². The number of rotatable bonds is 7. The summed E-state index contributed by atoms with van der Waals surface area (Å²) in [5, 5.41) is 3.50. The summed E-state index contributed by atoms with van der Waals surface area (Å²) in [6, 6.07) is 6.44. The van der Waals surface area contributed by atoms with E-state index < -0.39 is 0 Å². The molecule has 1 N–H and O–H groups in total. The predicted octanol–water partition coefficient (Wildman–Crippen LogP) is 2.24. The van der Waals surface area contributed by atoms with Crippen molar-refractivity contribution in [2.45, 2.75) is 32.4 Å². The number of hydrogen-bond donors (Lipinski definition) is 1. The lowest BCUT2D eigenvalue weighted by molar-refractivity contribution is 0.161. The van der Waals surface area contributed by atoms with Gasteiger partial charge in [-0.05, 0) is 18.6 Å². The van der Waals surface area contributed by atoms with Gasteiger partial charge in [0.2, 0.25) is 0 Å². The molecule has 0 saturated carbocycles. The van der Waals surface area contributed by atoms with E-state index in [1.54, 1.807) is 7.11 Å². The van der Waals surface area contributed by atoms with Crippen LogP contribution in [0.2, 0.25) is 0 Å². The maximum atomic E-state index is 5.22. The molecule has 2 aromatic rings. The van der Waals surface area contributed by atoms with Gasteiger partial charge in [0, 0.05) is 32.1 Å². The van der Waals surface area contributed by atoms with Crippen LogP contribution in [0, 0.1) is 0 Å². The summed E-state index contributed by atoms with van der Waals surface area (Å²) >= 11 is 0. The fourth-order valence-corrected chi connectivity index (χ4v) is 2.12. The lowest BCUT2D eigenvalue weighted by Crippen LogP contribution is -2.32. The van der Waals surface area contributed by atoms with Crippen LogP contribution in [0.5, 0.6) is 0 Å². The summed E-state index contributed by atoms with van der Waals surface area (Å²) < 4.78 is 7.26. The van der Waals surface area contributed by atoms with Crippen molar-refractivity contribution in [3.63, 3.8) is 0 Å². The first-order valence-electron chi connectivity index (χ1n) is 6.48. The van der Waals surface area contributed by atoms with Crippen molar-refractivity contribution in [2.24, 2.45) is 0 Å². The predicted molar refractivity (Wildman–Crippen MR) is 72.6 cm³/mol. The van der Waals surface area contributed by atoms with Crippen LogP contribution in [-0.4, -0.2) is 29.1 Å². The topological polar surface area (TPSA) is 38.6 Å². The van der Waals surface area contributed by atoms with Crippen molar-refractivity contribution in [1.29, 1.82) is 0 Å². The molecule has 0 aliphatic carbocycles. The Morgan fingerprint density at radius 1 is 1.44 bits per heavy atom. The summed E-state index contributed by atoms with van der Waals surface area (Å²) in [4.78, 5) is 4.56. The molecule has 0 amide bonds. The first-order chi connectivity index (χ1) is 8.83. The van der Waals surface area contributed by atoms with Crippen LogP contribution in [0.1, 0.15) is 25.5 Å². The van der Waals surface area contributed by atoms with E-state index in [9.17, 15) is 0 Å². The maximum Gasteiger partial charge on any atom is 0.137 e. The van der Waals surface area contributed by atoms with Gasteiger partial charge in [-0.3, -0.25) is 0 Å². The number of imidazole rings is 1. The highest BCUT2D eigenvalue weighted by Crippen LogP contribution is 2.05. The Labute approximate surface area is 108 Å². The van der Waals surface area contributed by atoms with Crippen LogP contribution in [-0.2, 0) is 11.3 Å². The van der Waals surface area contributed by atoms with E-state index in [4.69, 9.17) is 4.74 Å². The molecule has 4 nitrogen and oxygen atoms in total. The monoisotopic (exact) mass is 247 g/mol. The van der Waals surface area contributed by atoms with Gasteiger partial charge in [-0.2, -0.15) is 0 Å². The molecule has 1 atom stereocenters. The van der Waals surface area contributed by atoms with E-state index in [1.807, 2.05) is 28.8 Å². The molecule has 0 spiro atoms. The van der Waals surface area contributed by atoms with Crippen molar-refractivity contribution in [1.82, 2.24) is 14.7 Å². The van der Waals surface area contributed by atoms with Crippen molar-refractivity contribution in [3.8, 4) is 0 Å². The molecule has 0 fully saturated rings. The SMILES string of the molecule is CCCC(COC)NCc1cn2ccccc2n1. The van der Waals surface area contributed by atoms with E-state index in [0.717, 1.165) is 37.3 Å². The molecule has 2 heterocycles. The molecule has 0 saturated heterocycles. The van der Waals surface area contributed by atoms with E-state index in [0.29, 0.717) is 6.04 Å². The van der Waals surface area contributed by atoms with Crippen molar-refractivity contribution in [3.05, 3.63) is 36.3 Å². The molecule has 0 aliphatic heterocycles. The van der Waals surface area contributed by atoms with Crippen LogP contribution in [0.25, 0.3) is 5.65 Å². The molecule has 2 aromatic heterocycles. The molecule has 0 aliphatic rings. The minimum Gasteiger partial charge on any atom is -0.383 e. The molecule has 4 heteroatoms. The summed E-state index contributed by atoms with van der Waals surface area (Å²) in [5.41, 5.74) is 2.06. The molecule has 0 aromatic carbocycles.